The number of hydrogen-bond donors (Lipinski definition) is 2. The number of aryl methyl sites for hydroxylation is 2. The van der Waals surface area contributed by atoms with Crippen molar-refractivity contribution in [3.8, 4) is 11.5 Å². The quantitative estimate of drug-likeness (QED) is 0.905. The number of aromatic nitrogens is 2. The van der Waals surface area contributed by atoms with Gasteiger partial charge in [0.05, 0.1) is 18.5 Å². The highest BCUT2D eigenvalue weighted by Crippen LogP contribution is 2.33. The van der Waals surface area contributed by atoms with Crippen molar-refractivity contribution < 1.29 is 9.84 Å². The van der Waals surface area contributed by atoms with Crippen LogP contribution in [-0.2, 0) is 13.6 Å². The Kier molecular flexibility index (Phi) is 3.85. The number of ether oxygens (including phenoxy) is 1. The first-order valence-corrected chi connectivity index (χ1v) is 6.18. The first-order valence-electron chi connectivity index (χ1n) is 5.80. The topological polar surface area (TPSA) is 59.3 Å². The van der Waals surface area contributed by atoms with Crippen LogP contribution in [0.15, 0.2) is 18.3 Å². The summed E-state index contributed by atoms with van der Waals surface area (Å²) < 4.78 is 6.80. The molecule has 2 N–H and O–H groups in total. The van der Waals surface area contributed by atoms with Crippen molar-refractivity contribution in [3.63, 3.8) is 0 Å². The van der Waals surface area contributed by atoms with Gasteiger partial charge in [0.25, 0.3) is 0 Å². The fourth-order valence-electron chi connectivity index (χ4n) is 1.88. The Hall–Kier alpha value is -1.88. The number of phenolic OH excluding ortho intramolecular Hbond substituents is 1. The molecule has 0 saturated carbocycles. The number of methoxy groups -OCH3 is 1. The first-order chi connectivity index (χ1) is 9.01. The van der Waals surface area contributed by atoms with E-state index in [1.807, 2.05) is 20.2 Å². The maximum Gasteiger partial charge on any atom is 0.162 e. The van der Waals surface area contributed by atoms with Crippen molar-refractivity contribution in [2.24, 2.45) is 7.05 Å². The van der Waals surface area contributed by atoms with Crippen LogP contribution in [0, 0.1) is 6.92 Å². The van der Waals surface area contributed by atoms with Gasteiger partial charge in [0.1, 0.15) is 0 Å². The second-order valence-electron chi connectivity index (χ2n) is 4.27. The van der Waals surface area contributed by atoms with Gasteiger partial charge in [-0.15, -0.1) is 0 Å². The van der Waals surface area contributed by atoms with Crippen LogP contribution in [0.25, 0.3) is 0 Å². The lowest BCUT2D eigenvalue weighted by Crippen LogP contribution is -2.01. The Morgan fingerprint density at radius 1 is 1.47 bits per heavy atom. The van der Waals surface area contributed by atoms with E-state index >= 15 is 0 Å². The minimum atomic E-state index is 0.0981. The monoisotopic (exact) mass is 281 g/mol. The summed E-state index contributed by atoms with van der Waals surface area (Å²) in [5.74, 6) is 0.466. The number of halogens is 1. The third-order valence-electron chi connectivity index (χ3n) is 2.82. The van der Waals surface area contributed by atoms with Crippen molar-refractivity contribution in [1.82, 2.24) is 9.78 Å². The molecule has 1 aromatic carbocycles. The Morgan fingerprint density at radius 2 is 2.21 bits per heavy atom. The van der Waals surface area contributed by atoms with Gasteiger partial charge < -0.3 is 15.2 Å². The molecule has 0 aliphatic rings. The summed E-state index contributed by atoms with van der Waals surface area (Å²) in [6, 6.07) is 3.29. The van der Waals surface area contributed by atoms with Crippen molar-refractivity contribution in [3.05, 3.63) is 34.6 Å². The Labute approximate surface area is 116 Å². The number of nitrogens with zero attached hydrogens (tertiary/aromatic N) is 2. The predicted molar refractivity (Wildman–Crippen MR) is 74.9 cm³/mol. The van der Waals surface area contributed by atoms with Crippen molar-refractivity contribution in [2.45, 2.75) is 13.5 Å². The zero-order chi connectivity index (χ0) is 14.0. The Bertz CT molecular complexity index is 596. The van der Waals surface area contributed by atoms with Gasteiger partial charge in [-0.05, 0) is 13.0 Å². The molecule has 0 saturated heterocycles. The van der Waals surface area contributed by atoms with Crippen LogP contribution in [0.2, 0.25) is 5.02 Å². The number of benzene rings is 1. The molecule has 2 rings (SSSR count). The number of hydrogen-bond acceptors (Lipinski definition) is 4. The smallest absolute Gasteiger partial charge is 0.162 e. The van der Waals surface area contributed by atoms with Crippen LogP contribution in [0.5, 0.6) is 11.5 Å². The zero-order valence-electron chi connectivity index (χ0n) is 11.1. The second-order valence-corrected chi connectivity index (χ2v) is 4.71. The number of nitrogens with one attached hydrogen (secondary N) is 1. The average molecular weight is 282 g/mol. The molecule has 0 spiro atoms. The van der Waals surface area contributed by atoms with E-state index in [1.54, 1.807) is 16.8 Å². The van der Waals surface area contributed by atoms with Gasteiger partial charge in [-0.3, -0.25) is 4.68 Å². The third-order valence-corrected chi connectivity index (χ3v) is 3.04. The Balaban J connectivity index is 2.20. The summed E-state index contributed by atoms with van der Waals surface area (Å²) in [4.78, 5) is 0. The molecule has 2 aromatic rings. The molecule has 1 heterocycles. The highest BCUT2D eigenvalue weighted by molar-refractivity contribution is 6.30. The lowest BCUT2D eigenvalue weighted by molar-refractivity contribution is 0.371. The molecule has 102 valence electrons. The van der Waals surface area contributed by atoms with Gasteiger partial charge in [0.2, 0.25) is 0 Å². The van der Waals surface area contributed by atoms with Gasteiger partial charge in [-0.1, -0.05) is 11.6 Å². The van der Waals surface area contributed by atoms with E-state index in [-0.39, 0.29) is 5.75 Å². The largest absolute Gasteiger partial charge is 0.504 e. The van der Waals surface area contributed by atoms with Crippen molar-refractivity contribution in [1.29, 1.82) is 0 Å². The summed E-state index contributed by atoms with van der Waals surface area (Å²) in [5.41, 5.74) is 2.49. The van der Waals surface area contributed by atoms with Gasteiger partial charge in [-0.2, -0.15) is 5.10 Å². The number of anilines is 1. The van der Waals surface area contributed by atoms with E-state index in [0.717, 1.165) is 11.4 Å². The van der Waals surface area contributed by atoms with E-state index in [1.165, 1.54) is 7.11 Å². The molecule has 0 amide bonds. The molecule has 0 radical (unpaired) electrons. The van der Waals surface area contributed by atoms with Crippen LogP contribution >= 0.6 is 11.6 Å². The number of phenols is 1. The minimum absolute atomic E-state index is 0.0981. The lowest BCUT2D eigenvalue weighted by Gasteiger charge is -2.11. The maximum atomic E-state index is 10.0. The summed E-state index contributed by atoms with van der Waals surface area (Å²) in [6.45, 7) is 2.36. The fourth-order valence-corrected chi connectivity index (χ4v) is 2.11. The summed E-state index contributed by atoms with van der Waals surface area (Å²) in [6.07, 6.45) is 1.88. The van der Waals surface area contributed by atoms with E-state index in [9.17, 15) is 5.11 Å². The normalized spacial score (nSPS) is 10.5. The molecular weight excluding hydrogens is 266 g/mol. The fraction of sp³-hybridized carbons (Fsp3) is 0.308. The van der Waals surface area contributed by atoms with Crippen molar-refractivity contribution >= 4 is 17.3 Å². The number of aromatic hydroxyl groups is 1. The standard InChI is InChI=1S/C13H16ClN3O2/c1-8-11(7-17(2)16-8)15-6-9-4-10(14)5-12(19-3)13(9)18/h4-5,7,15,18H,6H2,1-3H3. The van der Waals surface area contributed by atoms with Crippen molar-refractivity contribution in [2.75, 3.05) is 12.4 Å². The molecule has 5 nitrogen and oxygen atoms in total. The Morgan fingerprint density at radius 3 is 2.79 bits per heavy atom. The molecule has 0 bridgehead atoms. The summed E-state index contributed by atoms with van der Waals surface area (Å²) >= 11 is 5.98. The van der Waals surface area contributed by atoms with Gasteiger partial charge in [0.15, 0.2) is 11.5 Å². The molecule has 19 heavy (non-hydrogen) atoms. The van der Waals surface area contributed by atoms with Crippen LogP contribution in [0.4, 0.5) is 5.69 Å². The first kappa shape index (κ1) is 13.5. The summed E-state index contributed by atoms with van der Waals surface area (Å²) in [5, 5.41) is 18.0. The average Bonchev–Trinajstić information content (AvgIpc) is 2.68. The molecule has 1 aromatic heterocycles. The highest BCUT2D eigenvalue weighted by atomic mass is 35.5. The van der Waals surface area contributed by atoms with E-state index in [2.05, 4.69) is 10.4 Å². The highest BCUT2D eigenvalue weighted by Gasteiger charge is 2.11. The molecule has 0 unspecified atom stereocenters. The molecule has 6 heteroatoms. The van der Waals surface area contributed by atoms with Gasteiger partial charge in [-0.25, -0.2) is 0 Å². The lowest BCUT2D eigenvalue weighted by atomic mass is 10.2. The molecule has 0 atom stereocenters. The molecular formula is C13H16ClN3O2. The SMILES string of the molecule is COc1cc(Cl)cc(CNc2cn(C)nc2C)c1O. The van der Waals surface area contributed by atoms with Crippen LogP contribution < -0.4 is 10.1 Å². The summed E-state index contributed by atoms with van der Waals surface area (Å²) in [7, 11) is 3.35. The predicted octanol–water partition coefficient (Wildman–Crippen LogP) is 2.71. The van der Waals surface area contributed by atoms with Gasteiger partial charge in [0, 0.05) is 36.4 Å². The van der Waals surface area contributed by atoms with E-state index in [4.69, 9.17) is 16.3 Å². The second kappa shape index (κ2) is 5.40. The van der Waals surface area contributed by atoms with Crippen LogP contribution in [0.3, 0.4) is 0 Å². The molecule has 0 aliphatic heterocycles. The third kappa shape index (κ3) is 2.93. The molecule has 0 aliphatic carbocycles. The number of rotatable bonds is 4. The maximum absolute atomic E-state index is 10.0. The van der Waals surface area contributed by atoms with E-state index < -0.39 is 0 Å². The van der Waals surface area contributed by atoms with Crippen LogP contribution in [-0.4, -0.2) is 22.0 Å². The van der Waals surface area contributed by atoms with Gasteiger partial charge >= 0.3 is 0 Å². The van der Waals surface area contributed by atoms with Crippen LogP contribution in [0.1, 0.15) is 11.3 Å². The van der Waals surface area contributed by atoms with E-state index in [0.29, 0.717) is 22.9 Å². The zero-order valence-corrected chi connectivity index (χ0v) is 11.8. The minimum Gasteiger partial charge on any atom is -0.504 e. The molecule has 0 fully saturated rings.